The number of rotatable bonds is 8. The molecule has 1 aromatic carbocycles. The molecule has 0 fully saturated rings. The highest BCUT2D eigenvalue weighted by molar-refractivity contribution is 5.93. The highest BCUT2D eigenvalue weighted by Gasteiger charge is 2.07. The first-order valence-electron chi connectivity index (χ1n) is 6.07. The summed E-state index contributed by atoms with van der Waals surface area (Å²) in [6.07, 6.45) is 0.892. The Hall–Kier alpha value is -1.59. The minimum Gasteiger partial charge on any atom is -0.490 e. The zero-order valence-corrected chi connectivity index (χ0v) is 10.6. The van der Waals surface area contributed by atoms with Gasteiger partial charge in [-0.25, -0.2) is 0 Å². The van der Waals surface area contributed by atoms with Gasteiger partial charge in [0.15, 0.2) is 0 Å². The molecule has 5 heteroatoms. The van der Waals surface area contributed by atoms with Crippen molar-refractivity contribution < 1.29 is 14.3 Å². The average molecular weight is 252 g/mol. The number of amides is 1. The van der Waals surface area contributed by atoms with Crippen LogP contribution in [0.15, 0.2) is 24.3 Å². The standard InChI is InChI=1S/C13H20N2O3/c1-2-8-17-10-13(16)15-11-5-3-4-6-12(11)18-9-7-14/h3-6H,2,7-10,14H2,1H3,(H,15,16). The summed E-state index contributed by atoms with van der Waals surface area (Å²) in [7, 11) is 0. The van der Waals surface area contributed by atoms with Crippen LogP contribution in [0.4, 0.5) is 5.69 Å². The maximum absolute atomic E-state index is 11.6. The topological polar surface area (TPSA) is 73.6 Å². The van der Waals surface area contributed by atoms with Crippen LogP contribution in [0.25, 0.3) is 0 Å². The molecule has 0 saturated carbocycles. The van der Waals surface area contributed by atoms with Crippen molar-refractivity contribution in [2.75, 3.05) is 31.7 Å². The second-order valence-corrected chi connectivity index (χ2v) is 3.73. The van der Waals surface area contributed by atoms with E-state index in [1.165, 1.54) is 0 Å². The SMILES string of the molecule is CCCOCC(=O)Nc1ccccc1OCCN. The largest absolute Gasteiger partial charge is 0.490 e. The Balaban J connectivity index is 2.51. The van der Waals surface area contributed by atoms with E-state index in [0.717, 1.165) is 6.42 Å². The predicted octanol–water partition coefficient (Wildman–Crippen LogP) is 1.39. The van der Waals surface area contributed by atoms with E-state index >= 15 is 0 Å². The van der Waals surface area contributed by atoms with E-state index in [4.69, 9.17) is 15.2 Å². The summed E-state index contributed by atoms with van der Waals surface area (Å²) in [5.41, 5.74) is 6.01. The van der Waals surface area contributed by atoms with Crippen molar-refractivity contribution in [2.45, 2.75) is 13.3 Å². The smallest absolute Gasteiger partial charge is 0.250 e. The summed E-state index contributed by atoms with van der Waals surface area (Å²) in [5.74, 6) is 0.430. The fourth-order valence-corrected chi connectivity index (χ4v) is 1.36. The molecule has 1 rings (SSSR count). The third-order valence-electron chi connectivity index (χ3n) is 2.12. The van der Waals surface area contributed by atoms with E-state index in [2.05, 4.69) is 5.32 Å². The van der Waals surface area contributed by atoms with Gasteiger partial charge in [-0.3, -0.25) is 4.79 Å². The van der Waals surface area contributed by atoms with Gasteiger partial charge in [-0.05, 0) is 18.6 Å². The molecule has 0 saturated heterocycles. The molecule has 0 heterocycles. The molecular formula is C13H20N2O3. The lowest BCUT2D eigenvalue weighted by molar-refractivity contribution is -0.120. The van der Waals surface area contributed by atoms with Crippen LogP contribution in [0.5, 0.6) is 5.75 Å². The van der Waals surface area contributed by atoms with Gasteiger partial charge in [0.05, 0.1) is 5.69 Å². The Bertz CT molecular complexity index is 369. The third kappa shape index (κ3) is 5.16. The van der Waals surface area contributed by atoms with E-state index in [-0.39, 0.29) is 12.5 Å². The van der Waals surface area contributed by atoms with Gasteiger partial charge in [-0.2, -0.15) is 0 Å². The first-order valence-corrected chi connectivity index (χ1v) is 6.07. The van der Waals surface area contributed by atoms with Crippen LogP contribution >= 0.6 is 0 Å². The number of nitrogens with one attached hydrogen (secondary N) is 1. The normalized spacial score (nSPS) is 10.1. The van der Waals surface area contributed by atoms with E-state index < -0.39 is 0 Å². The zero-order chi connectivity index (χ0) is 13.2. The van der Waals surface area contributed by atoms with Crippen molar-refractivity contribution >= 4 is 11.6 Å². The first kappa shape index (κ1) is 14.5. The maximum Gasteiger partial charge on any atom is 0.250 e. The lowest BCUT2D eigenvalue weighted by Gasteiger charge is -2.11. The number of hydrogen-bond donors (Lipinski definition) is 2. The molecular weight excluding hydrogens is 232 g/mol. The predicted molar refractivity (Wildman–Crippen MR) is 70.7 cm³/mol. The molecule has 18 heavy (non-hydrogen) atoms. The van der Waals surface area contributed by atoms with Gasteiger partial charge in [-0.1, -0.05) is 19.1 Å². The molecule has 1 amide bonds. The molecule has 0 bridgehead atoms. The van der Waals surface area contributed by atoms with Gasteiger partial charge >= 0.3 is 0 Å². The minimum atomic E-state index is -0.188. The van der Waals surface area contributed by atoms with Crippen LogP contribution in [0, 0.1) is 0 Å². The minimum absolute atomic E-state index is 0.0546. The molecule has 0 atom stereocenters. The first-order chi connectivity index (χ1) is 8.77. The lowest BCUT2D eigenvalue weighted by Crippen LogP contribution is -2.19. The third-order valence-corrected chi connectivity index (χ3v) is 2.12. The van der Waals surface area contributed by atoms with Gasteiger partial charge in [0.1, 0.15) is 19.0 Å². The maximum atomic E-state index is 11.6. The summed E-state index contributed by atoms with van der Waals surface area (Å²) < 4.78 is 10.6. The molecule has 0 aliphatic rings. The van der Waals surface area contributed by atoms with Crippen molar-refractivity contribution in [3.63, 3.8) is 0 Å². The van der Waals surface area contributed by atoms with E-state index in [0.29, 0.717) is 31.2 Å². The molecule has 0 unspecified atom stereocenters. The monoisotopic (exact) mass is 252 g/mol. The molecule has 0 spiro atoms. The lowest BCUT2D eigenvalue weighted by atomic mass is 10.3. The number of para-hydroxylation sites is 2. The summed E-state index contributed by atoms with van der Waals surface area (Å²) >= 11 is 0. The quantitative estimate of drug-likeness (QED) is 0.686. The molecule has 100 valence electrons. The Morgan fingerprint density at radius 2 is 2.11 bits per heavy atom. The fourth-order valence-electron chi connectivity index (χ4n) is 1.36. The van der Waals surface area contributed by atoms with Crippen molar-refractivity contribution in [3.8, 4) is 5.75 Å². The van der Waals surface area contributed by atoms with Crippen molar-refractivity contribution in [1.29, 1.82) is 0 Å². The van der Waals surface area contributed by atoms with Gasteiger partial charge in [0.25, 0.3) is 0 Å². The summed E-state index contributed by atoms with van der Waals surface area (Å²) in [5, 5.41) is 2.75. The van der Waals surface area contributed by atoms with E-state index in [1.807, 2.05) is 19.1 Å². The van der Waals surface area contributed by atoms with Gasteiger partial charge < -0.3 is 20.5 Å². The Morgan fingerprint density at radius 3 is 2.83 bits per heavy atom. The number of carbonyl (C=O) groups excluding carboxylic acids is 1. The summed E-state index contributed by atoms with van der Waals surface area (Å²) in [6, 6.07) is 7.24. The van der Waals surface area contributed by atoms with Crippen LogP contribution in [0.3, 0.4) is 0 Å². The van der Waals surface area contributed by atoms with Crippen molar-refractivity contribution in [1.82, 2.24) is 0 Å². The highest BCUT2D eigenvalue weighted by Crippen LogP contribution is 2.23. The molecule has 3 N–H and O–H groups in total. The number of ether oxygens (including phenoxy) is 2. The molecule has 0 aliphatic heterocycles. The second kappa shape index (κ2) is 8.49. The fraction of sp³-hybridized carbons (Fsp3) is 0.462. The van der Waals surface area contributed by atoms with Crippen LogP contribution in [0.2, 0.25) is 0 Å². The number of hydrogen-bond acceptors (Lipinski definition) is 4. The number of benzene rings is 1. The van der Waals surface area contributed by atoms with Gasteiger partial charge in [0.2, 0.25) is 5.91 Å². The van der Waals surface area contributed by atoms with Crippen LogP contribution in [-0.2, 0) is 9.53 Å². The van der Waals surface area contributed by atoms with Crippen LogP contribution in [-0.4, -0.2) is 32.3 Å². The number of carbonyl (C=O) groups is 1. The Labute approximate surface area is 107 Å². The van der Waals surface area contributed by atoms with Crippen molar-refractivity contribution in [3.05, 3.63) is 24.3 Å². The summed E-state index contributed by atoms with van der Waals surface area (Å²) in [4.78, 5) is 11.6. The Morgan fingerprint density at radius 1 is 1.33 bits per heavy atom. The second-order valence-electron chi connectivity index (χ2n) is 3.73. The number of anilines is 1. The van der Waals surface area contributed by atoms with Crippen LogP contribution < -0.4 is 15.8 Å². The van der Waals surface area contributed by atoms with E-state index in [9.17, 15) is 4.79 Å². The van der Waals surface area contributed by atoms with Crippen molar-refractivity contribution in [2.24, 2.45) is 5.73 Å². The zero-order valence-electron chi connectivity index (χ0n) is 10.6. The summed E-state index contributed by atoms with van der Waals surface area (Å²) in [6.45, 7) is 3.48. The Kier molecular flexibility index (Phi) is 6.83. The molecule has 0 aromatic heterocycles. The molecule has 5 nitrogen and oxygen atoms in total. The van der Waals surface area contributed by atoms with Gasteiger partial charge in [0, 0.05) is 13.2 Å². The number of nitrogens with two attached hydrogens (primary N) is 1. The van der Waals surface area contributed by atoms with E-state index in [1.54, 1.807) is 12.1 Å². The molecule has 0 radical (unpaired) electrons. The molecule has 1 aromatic rings. The molecule has 0 aliphatic carbocycles. The van der Waals surface area contributed by atoms with Gasteiger partial charge in [-0.15, -0.1) is 0 Å². The van der Waals surface area contributed by atoms with Crippen LogP contribution in [0.1, 0.15) is 13.3 Å². The highest BCUT2D eigenvalue weighted by atomic mass is 16.5. The average Bonchev–Trinajstić information content (AvgIpc) is 2.38.